The predicted octanol–water partition coefficient (Wildman–Crippen LogP) is 0.236. The number of carbonyl (C=O) groups excluding carboxylic acids is 1. The summed E-state index contributed by atoms with van der Waals surface area (Å²) in [7, 11) is 0. The molecule has 0 atom stereocenters. The predicted molar refractivity (Wildman–Crippen MR) is 70.0 cm³/mol. The van der Waals surface area contributed by atoms with Crippen LogP contribution in [0.5, 0.6) is 0 Å². The molecule has 0 aromatic carbocycles. The second-order valence-electron chi connectivity index (χ2n) is 4.46. The summed E-state index contributed by atoms with van der Waals surface area (Å²) in [6.07, 6.45) is 3.59. The van der Waals surface area contributed by atoms with E-state index in [1.807, 2.05) is 11.8 Å². The van der Waals surface area contributed by atoms with Crippen molar-refractivity contribution in [3.8, 4) is 0 Å². The van der Waals surface area contributed by atoms with Gasteiger partial charge in [-0.2, -0.15) is 11.8 Å². The zero-order valence-electron chi connectivity index (χ0n) is 10.4. The first-order valence-electron chi connectivity index (χ1n) is 6.13. The fraction of sp³-hybridized carbons (Fsp3) is 0.636. The number of carbonyl (C=O) groups is 2. The van der Waals surface area contributed by atoms with Crippen molar-refractivity contribution in [1.82, 2.24) is 20.3 Å². The van der Waals surface area contributed by atoms with Crippen LogP contribution in [-0.2, 0) is 11.3 Å². The number of aromatic nitrogens is 3. The molecule has 0 bridgehead atoms. The van der Waals surface area contributed by atoms with Crippen molar-refractivity contribution in [1.29, 1.82) is 0 Å². The van der Waals surface area contributed by atoms with Crippen molar-refractivity contribution in [2.24, 2.45) is 5.92 Å². The molecular formula is C11H16N4O3S. The SMILES string of the molecule is O=C(O)Cn1cc(C(=O)NCC2CCSCC2)nn1. The second-order valence-corrected chi connectivity index (χ2v) is 5.69. The number of aliphatic carboxylic acids is 1. The van der Waals surface area contributed by atoms with E-state index in [1.54, 1.807) is 0 Å². The van der Waals surface area contributed by atoms with Gasteiger partial charge in [0.2, 0.25) is 0 Å². The van der Waals surface area contributed by atoms with Gasteiger partial charge in [0.05, 0.1) is 6.20 Å². The molecule has 2 rings (SSSR count). The number of nitrogens with one attached hydrogen (secondary N) is 1. The summed E-state index contributed by atoms with van der Waals surface area (Å²) in [5.74, 6) is 1.51. The van der Waals surface area contributed by atoms with Crippen molar-refractivity contribution >= 4 is 23.6 Å². The number of carboxylic acid groups (broad SMARTS) is 1. The molecule has 1 aromatic heterocycles. The number of hydrogen-bond donors (Lipinski definition) is 2. The van der Waals surface area contributed by atoms with Gasteiger partial charge in [-0.05, 0) is 30.3 Å². The van der Waals surface area contributed by atoms with Crippen LogP contribution in [0.4, 0.5) is 0 Å². The summed E-state index contributed by atoms with van der Waals surface area (Å²) in [5, 5.41) is 18.7. The van der Waals surface area contributed by atoms with E-state index in [0.717, 1.165) is 29.0 Å². The molecule has 8 heteroatoms. The van der Waals surface area contributed by atoms with Crippen LogP contribution in [0.15, 0.2) is 6.20 Å². The molecule has 2 heterocycles. The van der Waals surface area contributed by atoms with E-state index < -0.39 is 5.97 Å². The van der Waals surface area contributed by atoms with Gasteiger partial charge in [-0.3, -0.25) is 9.59 Å². The molecule has 0 spiro atoms. The smallest absolute Gasteiger partial charge is 0.325 e. The summed E-state index contributed by atoms with van der Waals surface area (Å²) in [5.41, 5.74) is 0.159. The van der Waals surface area contributed by atoms with E-state index in [4.69, 9.17) is 5.11 Å². The van der Waals surface area contributed by atoms with Crippen LogP contribution in [0.1, 0.15) is 23.3 Å². The lowest BCUT2D eigenvalue weighted by Crippen LogP contribution is -2.31. The van der Waals surface area contributed by atoms with Crippen LogP contribution in [0.2, 0.25) is 0 Å². The van der Waals surface area contributed by atoms with Gasteiger partial charge < -0.3 is 10.4 Å². The number of amides is 1. The first-order valence-corrected chi connectivity index (χ1v) is 7.28. The van der Waals surface area contributed by atoms with E-state index in [0.29, 0.717) is 12.5 Å². The molecule has 104 valence electrons. The minimum atomic E-state index is -1.02. The average Bonchev–Trinajstić information content (AvgIpc) is 2.85. The van der Waals surface area contributed by atoms with Gasteiger partial charge in [-0.15, -0.1) is 5.10 Å². The molecule has 1 saturated heterocycles. The highest BCUT2D eigenvalue weighted by Gasteiger charge is 2.16. The normalized spacial score (nSPS) is 16.2. The molecule has 1 aromatic rings. The van der Waals surface area contributed by atoms with Crippen LogP contribution in [0.3, 0.4) is 0 Å². The zero-order chi connectivity index (χ0) is 13.7. The third-order valence-electron chi connectivity index (χ3n) is 2.96. The Labute approximate surface area is 114 Å². The van der Waals surface area contributed by atoms with Crippen molar-refractivity contribution in [3.05, 3.63) is 11.9 Å². The molecule has 7 nitrogen and oxygen atoms in total. The lowest BCUT2D eigenvalue weighted by Gasteiger charge is -2.21. The molecule has 0 unspecified atom stereocenters. The largest absolute Gasteiger partial charge is 0.480 e. The second kappa shape index (κ2) is 6.55. The Bertz CT molecular complexity index is 457. The summed E-state index contributed by atoms with van der Waals surface area (Å²) in [6, 6.07) is 0. The maximum Gasteiger partial charge on any atom is 0.325 e. The molecule has 0 aliphatic carbocycles. The van der Waals surface area contributed by atoms with Crippen molar-refractivity contribution in [3.63, 3.8) is 0 Å². The number of hydrogen-bond acceptors (Lipinski definition) is 5. The van der Waals surface area contributed by atoms with Gasteiger partial charge in [0, 0.05) is 6.54 Å². The molecule has 1 fully saturated rings. The number of rotatable bonds is 5. The standard InChI is InChI=1S/C11H16N4O3S/c16-10(17)7-15-6-9(13-14-15)11(18)12-5-8-1-3-19-4-2-8/h6,8H,1-5,7H2,(H,12,18)(H,16,17). The molecule has 0 saturated carbocycles. The highest BCUT2D eigenvalue weighted by molar-refractivity contribution is 7.99. The van der Waals surface area contributed by atoms with E-state index in [2.05, 4.69) is 15.6 Å². The highest BCUT2D eigenvalue weighted by Crippen LogP contribution is 2.21. The van der Waals surface area contributed by atoms with Crippen molar-refractivity contribution in [2.75, 3.05) is 18.1 Å². The van der Waals surface area contributed by atoms with E-state index in [9.17, 15) is 9.59 Å². The van der Waals surface area contributed by atoms with Gasteiger partial charge in [0.15, 0.2) is 5.69 Å². The van der Waals surface area contributed by atoms with Gasteiger partial charge in [-0.25, -0.2) is 4.68 Å². The maximum absolute atomic E-state index is 11.8. The van der Waals surface area contributed by atoms with Crippen molar-refractivity contribution < 1.29 is 14.7 Å². The quantitative estimate of drug-likeness (QED) is 0.803. The van der Waals surface area contributed by atoms with Gasteiger partial charge in [-0.1, -0.05) is 5.21 Å². The highest BCUT2D eigenvalue weighted by atomic mass is 32.2. The molecule has 0 radical (unpaired) electrons. The summed E-state index contributed by atoms with van der Waals surface area (Å²) in [6.45, 7) is 0.352. The van der Waals surface area contributed by atoms with Crippen LogP contribution in [0.25, 0.3) is 0 Å². The number of carboxylic acids is 1. The van der Waals surface area contributed by atoms with Gasteiger partial charge in [0.1, 0.15) is 6.54 Å². The number of nitrogens with zero attached hydrogens (tertiary/aromatic N) is 3. The Balaban J connectivity index is 1.81. The first-order chi connectivity index (χ1) is 9.15. The number of thioether (sulfide) groups is 1. The average molecular weight is 284 g/mol. The van der Waals surface area contributed by atoms with Crippen LogP contribution < -0.4 is 5.32 Å². The van der Waals surface area contributed by atoms with E-state index in [-0.39, 0.29) is 18.1 Å². The monoisotopic (exact) mass is 284 g/mol. The van der Waals surface area contributed by atoms with Crippen molar-refractivity contribution in [2.45, 2.75) is 19.4 Å². The Morgan fingerprint density at radius 1 is 1.47 bits per heavy atom. The fourth-order valence-corrected chi connectivity index (χ4v) is 3.10. The Kier molecular flexibility index (Phi) is 4.78. The van der Waals surface area contributed by atoms with E-state index >= 15 is 0 Å². The fourth-order valence-electron chi connectivity index (χ4n) is 1.90. The minimum Gasteiger partial charge on any atom is -0.480 e. The minimum absolute atomic E-state index is 0.159. The first kappa shape index (κ1) is 13.9. The zero-order valence-corrected chi connectivity index (χ0v) is 11.2. The molecule has 2 N–H and O–H groups in total. The topological polar surface area (TPSA) is 97.1 Å². The molecule has 1 amide bonds. The summed E-state index contributed by atoms with van der Waals surface area (Å²) < 4.78 is 1.13. The Hall–Kier alpha value is -1.57. The summed E-state index contributed by atoms with van der Waals surface area (Å²) in [4.78, 5) is 22.3. The molecule has 1 aliphatic rings. The van der Waals surface area contributed by atoms with Crippen LogP contribution >= 0.6 is 11.8 Å². The lowest BCUT2D eigenvalue weighted by molar-refractivity contribution is -0.137. The Morgan fingerprint density at radius 3 is 2.89 bits per heavy atom. The maximum atomic E-state index is 11.8. The van der Waals surface area contributed by atoms with Crippen LogP contribution in [-0.4, -0.2) is 50.0 Å². The van der Waals surface area contributed by atoms with Gasteiger partial charge >= 0.3 is 5.97 Å². The van der Waals surface area contributed by atoms with E-state index in [1.165, 1.54) is 6.20 Å². The Morgan fingerprint density at radius 2 is 2.21 bits per heavy atom. The summed E-state index contributed by atoms with van der Waals surface area (Å²) >= 11 is 1.94. The molecule has 1 aliphatic heterocycles. The van der Waals surface area contributed by atoms with Gasteiger partial charge in [0.25, 0.3) is 5.91 Å². The molecular weight excluding hydrogens is 268 g/mol. The third kappa shape index (κ3) is 4.23. The third-order valence-corrected chi connectivity index (χ3v) is 4.01. The van der Waals surface area contributed by atoms with Crippen LogP contribution in [0, 0.1) is 5.92 Å². The lowest BCUT2D eigenvalue weighted by atomic mass is 10.0. The molecule has 19 heavy (non-hydrogen) atoms.